The zero-order chi connectivity index (χ0) is 23.9. The van der Waals surface area contributed by atoms with Gasteiger partial charge in [0, 0.05) is 22.3 Å². The molecule has 4 heteroatoms. The highest BCUT2D eigenvalue weighted by atomic mass is 16.1. The Kier molecular flexibility index (Phi) is 6.80. The van der Waals surface area contributed by atoms with Crippen LogP contribution in [0.15, 0.2) is 97.1 Å². The Morgan fingerprint density at radius 3 is 0.647 bits per heavy atom. The van der Waals surface area contributed by atoms with Crippen LogP contribution in [0.25, 0.3) is 11.1 Å². The fraction of sp³-hybridized carbons (Fsp3) is 0. The molecule has 0 aliphatic carbocycles. The Bertz CT molecular complexity index is 1140. The Balaban J connectivity index is 2.06. The third-order valence-corrected chi connectivity index (χ3v) is 5.59. The van der Waals surface area contributed by atoms with E-state index < -0.39 is 0 Å². The first-order valence-corrected chi connectivity index (χ1v) is 10.6. The van der Waals surface area contributed by atoms with Crippen LogP contribution in [0.3, 0.4) is 0 Å². The number of carbonyl (C=O) groups excluding carboxylic acids is 4. The number of benzene rings is 4. The van der Waals surface area contributed by atoms with Crippen LogP contribution in [0, 0.1) is 0 Å². The van der Waals surface area contributed by atoms with Gasteiger partial charge in [-0.3, -0.25) is 19.2 Å². The highest BCUT2D eigenvalue weighted by molar-refractivity contribution is 6.05. The standard InChI is InChI=1S/C30H20O4/c31-17-21-1-9-25(10-2-21)29(26-11-3-22(18-32)4-12-26)30(27-13-5-23(19-33)6-14-27)28-15-7-24(20-34)8-16-28/h1-20H. The summed E-state index contributed by atoms with van der Waals surface area (Å²) in [6, 6.07) is 29.1. The molecule has 34 heavy (non-hydrogen) atoms. The number of hydrogen-bond acceptors (Lipinski definition) is 4. The van der Waals surface area contributed by atoms with Gasteiger partial charge in [0.25, 0.3) is 0 Å². The van der Waals surface area contributed by atoms with Crippen LogP contribution in [0.1, 0.15) is 63.7 Å². The summed E-state index contributed by atoms with van der Waals surface area (Å²) < 4.78 is 0. The molecule has 0 heterocycles. The second kappa shape index (κ2) is 10.3. The molecular weight excluding hydrogens is 424 g/mol. The average molecular weight is 444 g/mol. The highest BCUT2D eigenvalue weighted by Crippen LogP contribution is 2.37. The van der Waals surface area contributed by atoms with E-state index in [0.717, 1.165) is 58.5 Å². The molecule has 4 aromatic rings. The number of carbonyl (C=O) groups is 4. The first-order chi connectivity index (χ1) is 16.7. The predicted molar refractivity (Wildman–Crippen MR) is 132 cm³/mol. The lowest BCUT2D eigenvalue weighted by Gasteiger charge is -2.18. The molecule has 0 spiro atoms. The first-order valence-electron chi connectivity index (χ1n) is 10.6. The Labute approximate surface area is 197 Å². The molecule has 0 aromatic heterocycles. The quantitative estimate of drug-likeness (QED) is 0.249. The van der Waals surface area contributed by atoms with E-state index >= 15 is 0 Å². The van der Waals surface area contributed by atoms with E-state index in [1.165, 1.54) is 0 Å². The Morgan fingerprint density at radius 1 is 0.324 bits per heavy atom. The molecule has 0 atom stereocenters. The summed E-state index contributed by atoms with van der Waals surface area (Å²) in [5.74, 6) is 0. The number of hydrogen-bond donors (Lipinski definition) is 0. The summed E-state index contributed by atoms with van der Waals surface area (Å²) >= 11 is 0. The second-order valence-electron chi connectivity index (χ2n) is 7.71. The van der Waals surface area contributed by atoms with Gasteiger partial charge in [0.1, 0.15) is 25.1 Å². The zero-order valence-electron chi connectivity index (χ0n) is 18.2. The van der Waals surface area contributed by atoms with Crippen molar-refractivity contribution in [3.63, 3.8) is 0 Å². The summed E-state index contributed by atoms with van der Waals surface area (Å²) in [5.41, 5.74) is 7.50. The van der Waals surface area contributed by atoms with Crippen LogP contribution in [0.2, 0.25) is 0 Å². The van der Waals surface area contributed by atoms with Gasteiger partial charge in [-0.15, -0.1) is 0 Å². The van der Waals surface area contributed by atoms with Gasteiger partial charge in [0.05, 0.1) is 0 Å². The van der Waals surface area contributed by atoms with E-state index in [1.807, 2.05) is 48.5 Å². The number of aldehydes is 4. The van der Waals surface area contributed by atoms with Crippen LogP contribution in [-0.2, 0) is 0 Å². The van der Waals surface area contributed by atoms with Crippen molar-refractivity contribution in [3.8, 4) is 0 Å². The molecule has 0 unspecified atom stereocenters. The lowest BCUT2D eigenvalue weighted by Crippen LogP contribution is -1.99. The van der Waals surface area contributed by atoms with Crippen LogP contribution in [0.4, 0.5) is 0 Å². The first kappa shape index (κ1) is 22.5. The molecule has 0 bridgehead atoms. The van der Waals surface area contributed by atoms with Crippen molar-refractivity contribution in [3.05, 3.63) is 142 Å². The lowest BCUT2D eigenvalue weighted by atomic mass is 9.85. The van der Waals surface area contributed by atoms with Crippen molar-refractivity contribution in [2.24, 2.45) is 0 Å². The Morgan fingerprint density at radius 2 is 0.500 bits per heavy atom. The van der Waals surface area contributed by atoms with Crippen molar-refractivity contribution in [1.29, 1.82) is 0 Å². The van der Waals surface area contributed by atoms with Crippen LogP contribution >= 0.6 is 0 Å². The molecule has 0 aliphatic heterocycles. The summed E-state index contributed by atoms with van der Waals surface area (Å²) in [4.78, 5) is 44.9. The van der Waals surface area contributed by atoms with E-state index in [2.05, 4.69) is 0 Å². The van der Waals surface area contributed by atoms with Crippen LogP contribution < -0.4 is 0 Å². The third kappa shape index (κ3) is 4.71. The molecule has 0 saturated carbocycles. The minimum atomic E-state index is 0.562. The summed E-state index contributed by atoms with van der Waals surface area (Å²) in [7, 11) is 0. The average Bonchev–Trinajstić information content (AvgIpc) is 2.92. The summed E-state index contributed by atoms with van der Waals surface area (Å²) in [6.07, 6.45) is 3.18. The highest BCUT2D eigenvalue weighted by Gasteiger charge is 2.17. The molecule has 4 nitrogen and oxygen atoms in total. The molecular formula is C30H20O4. The molecule has 4 aromatic carbocycles. The smallest absolute Gasteiger partial charge is 0.150 e. The van der Waals surface area contributed by atoms with Crippen molar-refractivity contribution in [1.82, 2.24) is 0 Å². The van der Waals surface area contributed by atoms with Crippen molar-refractivity contribution in [2.45, 2.75) is 0 Å². The monoisotopic (exact) mass is 444 g/mol. The van der Waals surface area contributed by atoms with Crippen molar-refractivity contribution < 1.29 is 19.2 Å². The molecule has 0 fully saturated rings. The van der Waals surface area contributed by atoms with Gasteiger partial charge >= 0.3 is 0 Å². The fourth-order valence-corrected chi connectivity index (χ4v) is 3.82. The minimum absolute atomic E-state index is 0.562. The maximum absolute atomic E-state index is 11.2. The SMILES string of the molecule is O=Cc1ccc(C(=C(c2ccc(C=O)cc2)c2ccc(C=O)cc2)c2ccc(C=O)cc2)cc1. The molecule has 0 radical (unpaired) electrons. The normalized spacial score (nSPS) is 10.2. The van der Waals surface area contributed by atoms with Gasteiger partial charge in [-0.2, -0.15) is 0 Å². The Hall–Kier alpha value is -4.70. The van der Waals surface area contributed by atoms with E-state index in [9.17, 15) is 19.2 Å². The largest absolute Gasteiger partial charge is 0.298 e. The summed E-state index contributed by atoms with van der Waals surface area (Å²) in [5, 5.41) is 0. The number of rotatable bonds is 8. The van der Waals surface area contributed by atoms with Crippen molar-refractivity contribution >= 4 is 36.3 Å². The maximum atomic E-state index is 11.2. The molecule has 0 amide bonds. The lowest BCUT2D eigenvalue weighted by molar-refractivity contribution is 0.111. The van der Waals surface area contributed by atoms with Gasteiger partial charge in [-0.1, -0.05) is 97.1 Å². The van der Waals surface area contributed by atoms with E-state index in [1.54, 1.807) is 48.5 Å². The van der Waals surface area contributed by atoms with Gasteiger partial charge < -0.3 is 0 Å². The molecule has 0 aliphatic rings. The fourth-order valence-electron chi connectivity index (χ4n) is 3.82. The molecule has 0 N–H and O–H groups in total. The van der Waals surface area contributed by atoms with E-state index in [4.69, 9.17) is 0 Å². The van der Waals surface area contributed by atoms with E-state index in [0.29, 0.717) is 22.3 Å². The minimum Gasteiger partial charge on any atom is -0.298 e. The predicted octanol–water partition coefficient (Wildman–Crippen LogP) is 5.94. The van der Waals surface area contributed by atoms with Gasteiger partial charge in [-0.05, 0) is 33.4 Å². The van der Waals surface area contributed by atoms with Gasteiger partial charge in [0.2, 0.25) is 0 Å². The van der Waals surface area contributed by atoms with Crippen LogP contribution in [0.5, 0.6) is 0 Å². The molecule has 4 rings (SSSR count). The summed E-state index contributed by atoms with van der Waals surface area (Å²) in [6.45, 7) is 0. The maximum Gasteiger partial charge on any atom is 0.150 e. The molecule has 0 saturated heterocycles. The van der Waals surface area contributed by atoms with Crippen molar-refractivity contribution in [2.75, 3.05) is 0 Å². The zero-order valence-corrected chi connectivity index (χ0v) is 18.2. The second-order valence-corrected chi connectivity index (χ2v) is 7.71. The topological polar surface area (TPSA) is 68.3 Å². The van der Waals surface area contributed by atoms with E-state index in [-0.39, 0.29) is 0 Å². The third-order valence-electron chi connectivity index (χ3n) is 5.59. The molecule has 164 valence electrons. The van der Waals surface area contributed by atoms with Crippen LogP contribution in [-0.4, -0.2) is 25.1 Å². The van der Waals surface area contributed by atoms with Gasteiger partial charge in [-0.25, -0.2) is 0 Å². The van der Waals surface area contributed by atoms with Gasteiger partial charge in [0.15, 0.2) is 0 Å².